The molecular weight excluding hydrogens is 342 g/mol. The van der Waals surface area contributed by atoms with Gasteiger partial charge in [-0.25, -0.2) is 0 Å². The SMILES string of the molecule is C[C@@H]1C[C@H](NCc2ccccc2)CC2CC[C@@H]3[C@H](CC[C@]4(C)[C@@H](O)CC[C@@H]34)C21. The van der Waals surface area contributed by atoms with Crippen LogP contribution in [-0.4, -0.2) is 17.3 Å². The lowest BCUT2D eigenvalue weighted by Gasteiger charge is -2.57. The molecule has 0 aliphatic heterocycles. The van der Waals surface area contributed by atoms with Crippen LogP contribution in [0.4, 0.5) is 0 Å². The summed E-state index contributed by atoms with van der Waals surface area (Å²) in [6.07, 6.45) is 10.5. The van der Waals surface area contributed by atoms with Crippen molar-refractivity contribution in [2.75, 3.05) is 0 Å². The van der Waals surface area contributed by atoms with Gasteiger partial charge < -0.3 is 10.4 Å². The highest BCUT2D eigenvalue weighted by molar-refractivity contribution is 5.14. The van der Waals surface area contributed by atoms with Crippen molar-refractivity contribution in [3.8, 4) is 0 Å². The van der Waals surface area contributed by atoms with Gasteiger partial charge in [-0.05, 0) is 97.9 Å². The molecule has 0 heterocycles. The molecule has 0 amide bonds. The van der Waals surface area contributed by atoms with Gasteiger partial charge in [0.2, 0.25) is 0 Å². The normalized spacial score (nSPS) is 47.8. The molecule has 154 valence electrons. The van der Waals surface area contributed by atoms with Crippen LogP contribution in [0.25, 0.3) is 0 Å². The maximum absolute atomic E-state index is 10.6. The zero-order valence-electron chi connectivity index (χ0n) is 17.8. The number of fused-ring (bicyclic) bond motifs is 5. The van der Waals surface area contributed by atoms with Gasteiger partial charge in [-0.15, -0.1) is 0 Å². The predicted octanol–water partition coefficient (Wildman–Crippen LogP) is 5.40. The Kier molecular flexibility index (Phi) is 5.08. The Morgan fingerprint density at radius 1 is 1.00 bits per heavy atom. The third kappa shape index (κ3) is 3.16. The van der Waals surface area contributed by atoms with E-state index in [-0.39, 0.29) is 11.5 Å². The number of hydrogen-bond acceptors (Lipinski definition) is 2. The third-order valence-corrected chi connectivity index (χ3v) is 9.69. The van der Waals surface area contributed by atoms with E-state index in [2.05, 4.69) is 49.5 Å². The lowest BCUT2D eigenvalue weighted by atomic mass is 9.48. The second-order valence-electron chi connectivity index (χ2n) is 11.0. The molecular formula is C26H39NO. The molecule has 0 bridgehead atoms. The molecule has 0 spiro atoms. The lowest BCUT2D eigenvalue weighted by Crippen LogP contribution is -2.53. The van der Waals surface area contributed by atoms with Gasteiger partial charge in [0, 0.05) is 12.6 Å². The molecule has 0 aromatic heterocycles. The Morgan fingerprint density at radius 2 is 1.82 bits per heavy atom. The first kappa shape index (κ1) is 19.1. The zero-order valence-corrected chi connectivity index (χ0v) is 17.8. The fourth-order valence-electron chi connectivity index (χ4n) is 8.38. The number of aliphatic hydroxyl groups excluding tert-OH is 1. The Hall–Kier alpha value is -0.860. The molecule has 2 nitrogen and oxygen atoms in total. The largest absolute Gasteiger partial charge is 0.393 e. The lowest BCUT2D eigenvalue weighted by molar-refractivity contribution is -0.0959. The maximum atomic E-state index is 10.6. The summed E-state index contributed by atoms with van der Waals surface area (Å²) < 4.78 is 0. The molecule has 4 aliphatic rings. The molecule has 0 radical (unpaired) electrons. The van der Waals surface area contributed by atoms with Gasteiger partial charge in [-0.3, -0.25) is 0 Å². The van der Waals surface area contributed by atoms with E-state index in [9.17, 15) is 5.11 Å². The van der Waals surface area contributed by atoms with Crippen LogP contribution < -0.4 is 5.32 Å². The standard InChI is InChI=1S/C26H39NO/c1-17-14-20(27-16-18-6-4-3-5-7-18)15-19-8-9-21-22(25(17)19)12-13-26(2)23(21)10-11-24(26)28/h3-7,17,19-25,27-28H,8-16H2,1-2H3/t17-,19?,20+,21-,22+,23+,24+,25?,26+/m1/s1. The van der Waals surface area contributed by atoms with Crippen LogP contribution in [0.2, 0.25) is 0 Å². The van der Waals surface area contributed by atoms with E-state index in [1.165, 1.54) is 50.5 Å². The van der Waals surface area contributed by atoms with Crippen molar-refractivity contribution in [2.24, 2.45) is 40.9 Å². The van der Waals surface area contributed by atoms with Gasteiger partial charge in [0.1, 0.15) is 0 Å². The zero-order chi connectivity index (χ0) is 19.3. The fraction of sp³-hybridized carbons (Fsp3) is 0.769. The van der Waals surface area contributed by atoms with Crippen LogP contribution in [0.5, 0.6) is 0 Å². The monoisotopic (exact) mass is 381 g/mol. The minimum atomic E-state index is -0.0356. The van der Waals surface area contributed by atoms with Gasteiger partial charge in [-0.1, -0.05) is 44.2 Å². The van der Waals surface area contributed by atoms with Crippen LogP contribution in [0, 0.1) is 40.9 Å². The topological polar surface area (TPSA) is 32.3 Å². The van der Waals surface area contributed by atoms with Crippen LogP contribution in [0.15, 0.2) is 30.3 Å². The van der Waals surface area contributed by atoms with Gasteiger partial charge >= 0.3 is 0 Å². The fourth-order valence-corrected chi connectivity index (χ4v) is 8.38. The smallest absolute Gasteiger partial charge is 0.0596 e. The first-order chi connectivity index (χ1) is 13.6. The van der Waals surface area contributed by atoms with Crippen molar-refractivity contribution in [3.63, 3.8) is 0 Å². The maximum Gasteiger partial charge on any atom is 0.0596 e. The van der Waals surface area contributed by atoms with E-state index in [1.807, 2.05) is 0 Å². The van der Waals surface area contributed by atoms with E-state index in [1.54, 1.807) is 0 Å². The van der Waals surface area contributed by atoms with Gasteiger partial charge in [0.05, 0.1) is 6.10 Å². The molecule has 1 aromatic rings. The molecule has 5 rings (SSSR count). The van der Waals surface area contributed by atoms with Crippen LogP contribution >= 0.6 is 0 Å². The summed E-state index contributed by atoms with van der Waals surface area (Å²) in [6, 6.07) is 11.6. The molecule has 0 saturated heterocycles. The summed E-state index contributed by atoms with van der Waals surface area (Å²) in [5.41, 5.74) is 1.64. The molecule has 1 aromatic carbocycles. The Labute approximate surface area is 171 Å². The molecule has 9 atom stereocenters. The molecule has 4 aliphatic carbocycles. The number of aliphatic hydroxyl groups is 1. The van der Waals surface area contributed by atoms with Crippen molar-refractivity contribution >= 4 is 0 Å². The summed E-state index contributed by atoms with van der Waals surface area (Å²) >= 11 is 0. The summed E-state index contributed by atoms with van der Waals surface area (Å²) in [5.74, 6) is 5.34. The second kappa shape index (κ2) is 7.43. The Bertz CT molecular complexity index is 674. The molecule has 2 unspecified atom stereocenters. The predicted molar refractivity (Wildman–Crippen MR) is 115 cm³/mol. The first-order valence-electron chi connectivity index (χ1n) is 12.0. The van der Waals surface area contributed by atoms with Crippen LogP contribution in [0.3, 0.4) is 0 Å². The van der Waals surface area contributed by atoms with Crippen molar-refractivity contribution < 1.29 is 5.11 Å². The van der Waals surface area contributed by atoms with Crippen molar-refractivity contribution in [3.05, 3.63) is 35.9 Å². The summed E-state index contributed by atoms with van der Waals surface area (Å²) in [7, 11) is 0. The van der Waals surface area contributed by atoms with E-state index in [0.717, 1.165) is 48.5 Å². The summed E-state index contributed by atoms with van der Waals surface area (Å²) in [4.78, 5) is 0. The highest BCUT2D eigenvalue weighted by atomic mass is 16.3. The van der Waals surface area contributed by atoms with Crippen LogP contribution in [0.1, 0.15) is 70.8 Å². The Balaban J connectivity index is 1.25. The van der Waals surface area contributed by atoms with E-state index < -0.39 is 0 Å². The number of rotatable bonds is 3. The van der Waals surface area contributed by atoms with E-state index >= 15 is 0 Å². The average Bonchev–Trinajstić information content (AvgIpc) is 3.01. The van der Waals surface area contributed by atoms with Crippen LogP contribution in [-0.2, 0) is 6.54 Å². The first-order valence-corrected chi connectivity index (χ1v) is 12.0. The number of hydrogen-bond donors (Lipinski definition) is 2. The highest BCUT2D eigenvalue weighted by Crippen LogP contribution is 2.63. The average molecular weight is 382 g/mol. The van der Waals surface area contributed by atoms with E-state index in [0.29, 0.717) is 6.04 Å². The minimum absolute atomic E-state index is 0.0356. The quantitative estimate of drug-likeness (QED) is 0.734. The molecule has 4 fully saturated rings. The van der Waals surface area contributed by atoms with Gasteiger partial charge in [0.15, 0.2) is 0 Å². The van der Waals surface area contributed by atoms with Gasteiger partial charge in [-0.2, -0.15) is 0 Å². The number of nitrogens with one attached hydrogen (secondary N) is 1. The number of benzene rings is 1. The molecule has 2 heteroatoms. The van der Waals surface area contributed by atoms with Gasteiger partial charge in [0.25, 0.3) is 0 Å². The highest BCUT2D eigenvalue weighted by Gasteiger charge is 2.57. The van der Waals surface area contributed by atoms with Crippen molar-refractivity contribution in [1.29, 1.82) is 0 Å². The minimum Gasteiger partial charge on any atom is -0.393 e. The van der Waals surface area contributed by atoms with E-state index in [4.69, 9.17) is 0 Å². The molecule has 28 heavy (non-hydrogen) atoms. The summed E-state index contributed by atoms with van der Waals surface area (Å²) in [5, 5.41) is 14.5. The molecule has 2 N–H and O–H groups in total. The van der Waals surface area contributed by atoms with Crippen molar-refractivity contribution in [1.82, 2.24) is 5.32 Å². The second-order valence-corrected chi connectivity index (χ2v) is 11.0. The van der Waals surface area contributed by atoms with Crippen molar-refractivity contribution in [2.45, 2.75) is 83.9 Å². The Morgan fingerprint density at radius 3 is 2.64 bits per heavy atom. The third-order valence-electron chi connectivity index (χ3n) is 9.69. The molecule has 4 saturated carbocycles. The summed E-state index contributed by atoms with van der Waals surface area (Å²) in [6.45, 7) is 5.97.